The summed E-state index contributed by atoms with van der Waals surface area (Å²) in [7, 11) is 0. The lowest BCUT2D eigenvalue weighted by Gasteiger charge is -2.38. The second kappa shape index (κ2) is 5.34. The van der Waals surface area contributed by atoms with E-state index in [1.807, 2.05) is 40.7 Å². The van der Waals surface area contributed by atoms with Gasteiger partial charge in [0.2, 0.25) is 11.9 Å². The molecule has 1 aromatic rings. The Balaban J connectivity index is 2.27. The van der Waals surface area contributed by atoms with Crippen LogP contribution in [-0.4, -0.2) is 27.0 Å². The molecule has 1 amide bonds. The highest BCUT2D eigenvalue weighted by Crippen LogP contribution is 2.56. The van der Waals surface area contributed by atoms with Crippen molar-refractivity contribution in [3.05, 3.63) is 17.5 Å². The smallest absolute Gasteiger partial charge is 0.307 e. The van der Waals surface area contributed by atoms with Crippen LogP contribution in [0.5, 0.6) is 0 Å². The molecule has 1 saturated carbocycles. The van der Waals surface area contributed by atoms with Crippen LogP contribution in [0.4, 0.5) is 5.95 Å². The van der Waals surface area contributed by atoms with Crippen LogP contribution in [0.1, 0.15) is 45.0 Å². The molecule has 2 unspecified atom stereocenters. The minimum absolute atomic E-state index is 0.216. The summed E-state index contributed by atoms with van der Waals surface area (Å²) in [6, 6.07) is 1.83. The van der Waals surface area contributed by atoms with Gasteiger partial charge in [-0.05, 0) is 38.2 Å². The van der Waals surface area contributed by atoms with E-state index in [-0.39, 0.29) is 11.9 Å². The molecule has 0 aliphatic heterocycles. The lowest BCUT2D eigenvalue weighted by Crippen LogP contribution is -2.45. The van der Waals surface area contributed by atoms with Crippen LogP contribution in [0.25, 0.3) is 0 Å². The van der Waals surface area contributed by atoms with Crippen molar-refractivity contribution >= 4 is 17.8 Å². The lowest BCUT2D eigenvalue weighted by molar-refractivity contribution is -0.147. The number of rotatable bonds is 3. The highest BCUT2D eigenvalue weighted by Gasteiger charge is 2.58. The van der Waals surface area contributed by atoms with Crippen molar-refractivity contribution in [1.29, 1.82) is 0 Å². The van der Waals surface area contributed by atoms with E-state index in [2.05, 4.69) is 15.3 Å². The first-order valence-electron chi connectivity index (χ1n) is 7.44. The van der Waals surface area contributed by atoms with E-state index in [4.69, 9.17) is 0 Å². The Labute approximate surface area is 130 Å². The van der Waals surface area contributed by atoms with Gasteiger partial charge in [0.05, 0.1) is 11.3 Å². The Hall–Kier alpha value is -1.98. The molecule has 1 fully saturated rings. The molecule has 0 saturated heterocycles. The summed E-state index contributed by atoms with van der Waals surface area (Å²) < 4.78 is 0. The lowest BCUT2D eigenvalue weighted by atomic mass is 9.65. The van der Waals surface area contributed by atoms with Crippen LogP contribution in [-0.2, 0) is 9.59 Å². The normalized spacial score (nSPS) is 26.7. The molecule has 6 heteroatoms. The van der Waals surface area contributed by atoms with Crippen LogP contribution in [0.15, 0.2) is 6.07 Å². The summed E-state index contributed by atoms with van der Waals surface area (Å²) in [5.74, 6) is -1.31. The quantitative estimate of drug-likeness (QED) is 0.895. The molecule has 0 spiro atoms. The van der Waals surface area contributed by atoms with Gasteiger partial charge >= 0.3 is 5.97 Å². The number of carbonyl (C=O) groups is 2. The zero-order chi connectivity index (χ0) is 16.7. The van der Waals surface area contributed by atoms with E-state index in [0.717, 1.165) is 11.4 Å². The van der Waals surface area contributed by atoms with Crippen molar-refractivity contribution < 1.29 is 14.7 Å². The molecule has 2 N–H and O–H groups in total. The summed E-state index contributed by atoms with van der Waals surface area (Å²) >= 11 is 0. The maximum absolute atomic E-state index is 12.8. The van der Waals surface area contributed by atoms with Gasteiger partial charge in [0.25, 0.3) is 0 Å². The average Bonchev–Trinajstić information content (AvgIpc) is 2.60. The molecule has 6 nitrogen and oxygen atoms in total. The van der Waals surface area contributed by atoms with Gasteiger partial charge in [-0.3, -0.25) is 14.9 Å². The van der Waals surface area contributed by atoms with E-state index < -0.39 is 22.7 Å². The van der Waals surface area contributed by atoms with Crippen molar-refractivity contribution in [3.8, 4) is 0 Å². The van der Waals surface area contributed by atoms with Gasteiger partial charge in [0.15, 0.2) is 0 Å². The standard InChI is InChI=1S/C16H23N3O3/c1-9-8-10(2)18-14(17-9)19-13(22)16(5)7-6-11(12(20)21)15(16,3)4/h8,11H,6-7H2,1-5H3,(H,20,21)(H,17,18,19,22). The third-order valence-corrected chi connectivity index (χ3v) is 5.23. The molecule has 2 rings (SSSR count). The fourth-order valence-corrected chi connectivity index (χ4v) is 3.36. The highest BCUT2D eigenvalue weighted by atomic mass is 16.4. The molecular formula is C16H23N3O3. The van der Waals surface area contributed by atoms with Gasteiger partial charge in [-0.2, -0.15) is 0 Å². The Morgan fingerprint density at radius 3 is 2.23 bits per heavy atom. The van der Waals surface area contributed by atoms with Crippen molar-refractivity contribution in [3.63, 3.8) is 0 Å². The maximum atomic E-state index is 12.8. The number of anilines is 1. The Morgan fingerprint density at radius 1 is 1.23 bits per heavy atom. The second-order valence-corrected chi connectivity index (χ2v) is 6.91. The van der Waals surface area contributed by atoms with Crippen LogP contribution in [0, 0.1) is 30.6 Å². The molecule has 1 aromatic heterocycles. The van der Waals surface area contributed by atoms with Crippen LogP contribution in [0.3, 0.4) is 0 Å². The number of aromatic nitrogens is 2. The van der Waals surface area contributed by atoms with E-state index in [0.29, 0.717) is 12.8 Å². The molecule has 0 aromatic carbocycles. The zero-order valence-corrected chi connectivity index (χ0v) is 13.7. The number of amides is 1. The summed E-state index contributed by atoms with van der Waals surface area (Å²) in [6.45, 7) is 9.20. The van der Waals surface area contributed by atoms with Gasteiger partial charge in [-0.25, -0.2) is 9.97 Å². The first-order valence-corrected chi connectivity index (χ1v) is 7.44. The van der Waals surface area contributed by atoms with Gasteiger partial charge in [-0.1, -0.05) is 20.8 Å². The number of carbonyl (C=O) groups excluding carboxylic acids is 1. The number of carboxylic acids is 1. The van der Waals surface area contributed by atoms with Gasteiger partial charge in [-0.15, -0.1) is 0 Å². The van der Waals surface area contributed by atoms with E-state index >= 15 is 0 Å². The van der Waals surface area contributed by atoms with Crippen LogP contribution in [0.2, 0.25) is 0 Å². The molecule has 1 aliphatic rings. The highest BCUT2D eigenvalue weighted by molar-refractivity contribution is 5.95. The fourth-order valence-electron chi connectivity index (χ4n) is 3.36. The van der Waals surface area contributed by atoms with Crippen LogP contribution < -0.4 is 5.32 Å². The molecule has 0 radical (unpaired) electrons. The van der Waals surface area contributed by atoms with E-state index in [9.17, 15) is 14.7 Å². The van der Waals surface area contributed by atoms with E-state index in [1.165, 1.54) is 0 Å². The number of nitrogens with one attached hydrogen (secondary N) is 1. The number of aliphatic carboxylic acids is 1. The Kier molecular flexibility index (Phi) is 3.98. The molecule has 22 heavy (non-hydrogen) atoms. The molecule has 1 heterocycles. The number of hydrogen-bond acceptors (Lipinski definition) is 4. The number of aryl methyl sites for hydroxylation is 2. The maximum Gasteiger partial charge on any atom is 0.307 e. The molecule has 1 aliphatic carbocycles. The first kappa shape index (κ1) is 16.4. The van der Waals surface area contributed by atoms with Crippen molar-refractivity contribution in [2.24, 2.45) is 16.7 Å². The number of carboxylic acid groups (broad SMARTS) is 1. The topological polar surface area (TPSA) is 92.2 Å². The fraction of sp³-hybridized carbons (Fsp3) is 0.625. The van der Waals surface area contributed by atoms with Gasteiger partial charge < -0.3 is 5.11 Å². The second-order valence-electron chi connectivity index (χ2n) is 6.91. The zero-order valence-electron chi connectivity index (χ0n) is 13.7. The first-order chi connectivity index (χ1) is 10.1. The van der Waals surface area contributed by atoms with Gasteiger partial charge in [0.1, 0.15) is 0 Å². The third-order valence-electron chi connectivity index (χ3n) is 5.23. The minimum Gasteiger partial charge on any atom is -0.481 e. The van der Waals surface area contributed by atoms with Crippen molar-refractivity contribution in [2.45, 2.75) is 47.5 Å². The Morgan fingerprint density at radius 2 is 1.77 bits per heavy atom. The molecule has 2 atom stereocenters. The molecule has 0 bridgehead atoms. The summed E-state index contributed by atoms with van der Waals surface area (Å²) in [6.07, 6.45) is 1.04. The summed E-state index contributed by atoms with van der Waals surface area (Å²) in [5.41, 5.74) is 0.155. The average molecular weight is 305 g/mol. The summed E-state index contributed by atoms with van der Waals surface area (Å²) in [5, 5.41) is 12.1. The predicted octanol–water partition coefficient (Wildman–Crippen LogP) is 2.56. The predicted molar refractivity (Wildman–Crippen MR) is 82.4 cm³/mol. The van der Waals surface area contributed by atoms with Gasteiger partial charge in [0, 0.05) is 11.4 Å². The van der Waals surface area contributed by atoms with Crippen molar-refractivity contribution in [2.75, 3.05) is 5.32 Å². The largest absolute Gasteiger partial charge is 0.481 e. The molecule has 120 valence electrons. The monoisotopic (exact) mass is 305 g/mol. The number of nitrogens with zero attached hydrogens (tertiary/aromatic N) is 2. The molecular weight excluding hydrogens is 282 g/mol. The number of hydrogen-bond donors (Lipinski definition) is 2. The van der Waals surface area contributed by atoms with Crippen molar-refractivity contribution in [1.82, 2.24) is 9.97 Å². The SMILES string of the molecule is Cc1cc(C)nc(NC(=O)C2(C)CCC(C(=O)O)C2(C)C)n1. The minimum atomic E-state index is -0.843. The summed E-state index contributed by atoms with van der Waals surface area (Å²) in [4.78, 5) is 32.6. The van der Waals surface area contributed by atoms with Crippen LogP contribution >= 0.6 is 0 Å². The third kappa shape index (κ3) is 2.58. The Bertz CT molecular complexity index is 607. The van der Waals surface area contributed by atoms with E-state index in [1.54, 1.807) is 0 Å².